The SMILES string of the molecule is CN(C)CCn1cc(S(N)(=O)=O)cn1.COc1ccc(CN(Cc2ccc(OC)cc2)S(=O)(=O)c2cnn(CCN(C)C)c2)cc1. The summed E-state index contributed by atoms with van der Waals surface area (Å²) in [6.07, 6.45) is 5.69. The molecule has 0 radical (unpaired) electrons. The van der Waals surface area contributed by atoms with Gasteiger partial charge in [-0.15, -0.1) is 0 Å². The van der Waals surface area contributed by atoms with Crippen LogP contribution >= 0.6 is 0 Å². The number of aromatic nitrogens is 4. The van der Waals surface area contributed by atoms with E-state index >= 15 is 0 Å². The predicted octanol–water partition coefficient (Wildman–Crippen LogP) is 1.95. The highest BCUT2D eigenvalue weighted by atomic mass is 32.2. The number of likely N-dealkylation sites (N-methyl/N-ethyl adjacent to an activating group) is 2. The van der Waals surface area contributed by atoms with Crippen LogP contribution in [0.3, 0.4) is 0 Å². The Labute approximate surface area is 272 Å². The molecule has 46 heavy (non-hydrogen) atoms. The third-order valence-electron chi connectivity index (χ3n) is 6.77. The zero-order valence-electron chi connectivity index (χ0n) is 27.1. The minimum absolute atomic E-state index is 0.0521. The van der Waals surface area contributed by atoms with Crippen molar-refractivity contribution in [2.75, 3.05) is 55.5 Å². The van der Waals surface area contributed by atoms with Crippen molar-refractivity contribution >= 4 is 20.0 Å². The number of methoxy groups -OCH3 is 2. The van der Waals surface area contributed by atoms with Gasteiger partial charge in [0.15, 0.2) is 0 Å². The lowest BCUT2D eigenvalue weighted by atomic mass is 10.2. The van der Waals surface area contributed by atoms with Gasteiger partial charge >= 0.3 is 0 Å². The van der Waals surface area contributed by atoms with Crippen molar-refractivity contribution < 1.29 is 26.3 Å². The second-order valence-electron chi connectivity index (χ2n) is 11.0. The first kappa shape index (κ1) is 36.7. The first-order valence-electron chi connectivity index (χ1n) is 14.3. The lowest BCUT2D eigenvalue weighted by Gasteiger charge is -2.22. The maximum atomic E-state index is 13.6. The van der Waals surface area contributed by atoms with Gasteiger partial charge in [0.2, 0.25) is 20.0 Å². The molecule has 0 bridgehead atoms. The highest BCUT2D eigenvalue weighted by Crippen LogP contribution is 2.23. The van der Waals surface area contributed by atoms with Gasteiger partial charge in [-0.3, -0.25) is 9.36 Å². The Morgan fingerprint density at radius 1 is 0.674 bits per heavy atom. The zero-order chi connectivity index (χ0) is 33.9. The minimum Gasteiger partial charge on any atom is -0.497 e. The van der Waals surface area contributed by atoms with Gasteiger partial charge in [0.25, 0.3) is 0 Å². The highest BCUT2D eigenvalue weighted by Gasteiger charge is 2.27. The van der Waals surface area contributed by atoms with Crippen LogP contribution < -0.4 is 14.6 Å². The maximum absolute atomic E-state index is 13.6. The average Bonchev–Trinajstić information content (AvgIpc) is 3.71. The molecule has 2 N–H and O–H groups in total. The molecule has 0 spiro atoms. The molecule has 14 nitrogen and oxygen atoms in total. The highest BCUT2D eigenvalue weighted by molar-refractivity contribution is 7.89. The number of primary sulfonamides is 1. The summed E-state index contributed by atoms with van der Waals surface area (Å²) in [5, 5.41) is 13.1. The first-order valence-corrected chi connectivity index (χ1v) is 17.3. The van der Waals surface area contributed by atoms with E-state index in [2.05, 4.69) is 10.2 Å². The topological polar surface area (TPSA) is 158 Å². The predicted molar refractivity (Wildman–Crippen MR) is 175 cm³/mol. The van der Waals surface area contributed by atoms with Crippen molar-refractivity contribution in [1.29, 1.82) is 0 Å². The molecule has 2 aromatic heterocycles. The maximum Gasteiger partial charge on any atom is 0.246 e. The van der Waals surface area contributed by atoms with Crippen molar-refractivity contribution in [1.82, 2.24) is 33.7 Å². The number of hydrogen-bond acceptors (Lipinski definition) is 10. The number of nitrogens with two attached hydrogens (primary N) is 1. The van der Waals surface area contributed by atoms with E-state index in [1.54, 1.807) is 29.8 Å². The number of sulfonamides is 2. The Morgan fingerprint density at radius 3 is 1.41 bits per heavy atom. The standard InChI is InChI=1S/C23H30N4O4S.C7H14N4O2S/c1-25(2)13-14-26-18-23(15-24-26)32(28,29)27(16-19-5-9-21(30-3)10-6-19)17-20-7-11-22(31-4)12-8-20;1-10(2)3-4-11-6-7(5-9-11)14(8,12)13/h5-12,15,18H,13-14,16-17H2,1-4H3;5-6H,3-4H2,1-2H3,(H2,8,12,13). The van der Waals surface area contributed by atoms with Gasteiger partial charge in [-0.05, 0) is 63.6 Å². The van der Waals surface area contributed by atoms with Crippen LogP contribution in [0.4, 0.5) is 0 Å². The Hall–Kier alpha value is -3.80. The van der Waals surface area contributed by atoms with E-state index in [0.717, 1.165) is 35.7 Å². The lowest BCUT2D eigenvalue weighted by Crippen LogP contribution is -2.30. The first-order chi connectivity index (χ1) is 21.7. The molecule has 0 saturated carbocycles. The van der Waals surface area contributed by atoms with Gasteiger partial charge in [0.1, 0.15) is 21.3 Å². The molecule has 0 amide bonds. The van der Waals surface area contributed by atoms with Crippen LogP contribution in [0.25, 0.3) is 0 Å². The number of rotatable bonds is 15. The van der Waals surface area contributed by atoms with Gasteiger partial charge in [0.05, 0.1) is 39.7 Å². The molecule has 0 atom stereocenters. The van der Waals surface area contributed by atoms with E-state index in [4.69, 9.17) is 14.6 Å². The minimum atomic E-state index is -3.77. The monoisotopic (exact) mass is 676 g/mol. The molecule has 2 aromatic carbocycles. The molecule has 2 heterocycles. The molecule has 0 aliphatic rings. The van der Waals surface area contributed by atoms with Crippen LogP contribution in [0.2, 0.25) is 0 Å². The second-order valence-corrected chi connectivity index (χ2v) is 14.5. The molecule has 0 unspecified atom stereocenters. The smallest absolute Gasteiger partial charge is 0.246 e. The summed E-state index contributed by atoms with van der Waals surface area (Å²) in [6.45, 7) is 3.26. The number of benzene rings is 2. The van der Waals surface area contributed by atoms with E-state index in [1.165, 1.54) is 22.9 Å². The number of nitrogens with zero attached hydrogens (tertiary/aromatic N) is 7. The third-order valence-corrected chi connectivity index (χ3v) is 9.39. The van der Waals surface area contributed by atoms with E-state index in [9.17, 15) is 16.8 Å². The van der Waals surface area contributed by atoms with Crippen LogP contribution in [-0.2, 0) is 46.2 Å². The van der Waals surface area contributed by atoms with E-state index < -0.39 is 20.0 Å². The molecule has 0 aliphatic heterocycles. The fraction of sp³-hybridized carbons (Fsp3) is 0.400. The van der Waals surface area contributed by atoms with E-state index in [1.807, 2.05) is 86.5 Å². The molecule has 4 rings (SSSR count). The van der Waals surface area contributed by atoms with E-state index in [0.29, 0.717) is 13.1 Å². The Bertz CT molecular complexity index is 1670. The van der Waals surface area contributed by atoms with Gasteiger partial charge in [-0.25, -0.2) is 22.0 Å². The van der Waals surface area contributed by atoms with Crippen molar-refractivity contribution in [2.24, 2.45) is 5.14 Å². The van der Waals surface area contributed by atoms with Crippen LogP contribution in [0.5, 0.6) is 11.5 Å². The summed E-state index contributed by atoms with van der Waals surface area (Å²) in [7, 11) is 3.61. The average molecular weight is 677 g/mol. The molecule has 4 aromatic rings. The van der Waals surface area contributed by atoms with Crippen LogP contribution in [-0.4, -0.2) is 106 Å². The van der Waals surface area contributed by atoms with Gasteiger partial charge in [0, 0.05) is 38.6 Å². The molecule has 0 aliphatic carbocycles. The zero-order valence-corrected chi connectivity index (χ0v) is 28.8. The Balaban J connectivity index is 0.000000344. The fourth-order valence-electron chi connectivity index (χ4n) is 4.06. The van der Waals surface area contributed by atoms with Crippen molar-refractivity contribution in [3.63, 3.8) is 0 Å². The van der Waals surface area contributed by atoms with Crippen LogP contribution in [0, 0.1) is 0 Å². The van der Waals surface area contributed by atoms with E-state index in [-0.39, 0.29) is 22.9 Å². The molecule has 0 saturated heterocycles. The van der Waals surface area contributed by atoms with Crippen LogP contribution in [0.1, 0.15) is 11.1 Å². The largest absolute Gasteiger partial charge is 0.497 e. The van der Waals surface area contributed by atoms with Crippen molar-refractivity contribution in [3.05, 3.63) is 84.4 Å². The lowest BCUT2D eigenvalue weighted by molar-refractivity contribution is 0.373. The summed E-state index contributed by atoms with van der Waals surface area (Å²) >= 11 is 0. The van der Waals surface area contributed by atoms with Crippen molar-refractivity contribution in [3.8, 4) is 11.5 Å². The molecular weight excluding hydrogens is 633 g/mol. The molecule has 0 fully saturated rings. The quantitative estimate of drug-likeness (QED) is 0.197. The summed E-state index contributed by atoms with van der Waals surface area (Å²) < 4.78 is 64.0. The summed E-state index contributed by atoms with van der Waals surface area (Å²) in [5.41, 5.74) is 1.73. The van der Waals surface area contributed by atoms with Gasteiger partial charge < -0.3 is 19.3 Å². The normalized spacial score (nSPS) is 12.0. The molecule has 252 valence electrons. The Kier molecular flexibility index (Phi) is 13.3. The summed E-state index contributed by atoms with van der Waals surface area (Å²) in [6, 6.07) is 14.8. The number of hydrogen-bond donors (Lipinski definition) is 1. The van der Waals surface area contributed by atoms with Crippen LogP contribution in [0.15, 0.2) is 83.1 Å². The van der Waals surface area contributed by atoms with Gasteiger partial charge in [-0.1, -0.05) is 24.3 Å². The van der Waals surface area contributed by atoms with Gasteiger partial charge in [-0.2, -0.15) is 14.5 Å². The summed E-state index contributed by atoms with van der Waals surface area (Å²) in [4.78, 5) is 4.24. The molecule has 16 heteroatoms. The second kappa shape index (κ2) is 16.7. The third kappa shape index (κ3) is 11.2. The van der Waals surface area contributed by atoms with Crippen molar-refractivity contribution in [2.45, 2.75) is 36.0 Å². The Morgan fingerprint density at radius 2 is 1.07 bits per heavy atom. The number of ether oxygens (including phenoxy) is 2. The molecular formula is C30H44N8O6S2. The fourth-order valence-corrected chi connectivity index (χ4v) is 5.90. The summed E-state index contributed by atoms with van der Waals surface area (Å²) in [5.74, 6) is 1.45.